The Morgan fingerprint density at radius 1 is 0.950 bits per heavy atom. The van der Waals surface area contributed by atoms with Crippen LogP contribution in [0, 0.1) is 0 Å². The number of hydrogen-bond donors (Lipinski definition) is 2. The Morgan fingerprint density at radius 3 is 2.60 bits per heavy atom. The lowest BCUT2D eigenvalue weighted by atomic mass is 10.2. The normalized spacial score (nSPS) is 10.8. The number of aromatic hydroxyl groups is 2. The van der Waals surface area contributed by atoms with Crippen LogP contribution >= 0.6 is 11.8 Å². The van der Waals surface area contributed by atoms with E-state index in [1.165, 1.54) is 23.9 Å². The van der Waals surface area contributed by atoms with E-state index in [9.17, 15) is 15.0 Å². The number of phenols is 2. The molecule has 100 valence electrons. The molecule has 2 aromatic carbocycles. The number of rotatable bonds is 2. The minimum atomic E-state index is -0.453. The smallest absolute Gasteiger partial charge is 0.337 e. The molecule has 0 radical (unpaired) electrons. The van der Waals surface area contributed by atoms with E-state index >= 15 is 0 Å². The summed E-state index contributed by atoms with van der Waals surface area (Å²) < 4.78 is 5.11. The second-order valence-corrected chi connectivity index (χ2v) is 5.24. The second kappa shape index (κ2) is 4.94. The lowest BCUT2D eigenvalue weighted by Crippen LogP contribution is -1.97. The number of benzene rings is 2. The molecule has 0 spiro atoms. The Morgan fingerprint density at radius 2 is 1.75 bits per heavy atom. The molecule has 2 N–H and O–H groups in total. The van der Waals surface area contributed by atoms with Gasteiger partial charge in [-0.15, -0.1) is 0 Å². The van der Waals surface area contributed by atoms with Gasteiger partial charge in [-0.1, -0.05) is 36.0 Å². The molecule has 0 aliphatic rings. The molecule has 0 saturated carbocycles. The van der Waals surface area contributed by atoms with Crippen LogP contribution in [0.5, 0.6) is 11.5 Å². The van der Waals surface area contributed by atoms with Gasteiger partial charge < -0.3 is 14.6 Å². The lowest BCUT2D eigenvalue weighted by Gasteiger charge is -2.07. The van der Waals surface area contributed by atoms with Gasteiger partial charge >= 0.3 is 5.63 Å². The van der Waals surface area contributed by atoms with Crippen LogP contribution in [-0.4, -0.2) is 10.2 Å². The third kappa shape index (κ3) is 2.23. The zero-order valence-corrected chi connectivity index (χ0v) is 11.1. The summed E-state index contributed by atoms with van der Waals surface area (Å²) in [6, 6.07) is 13.2. The molecule has 0 aliphatic carbocycles. The zero-order chi connectivity index (χ0) is 14.1. The molecule has 20 heavy (non-hydrogen) atoms. The predicted molar refractivity (Wildman–Crippen MR) is 76.4 cm³/mol. The van der Waals surface area contributed by atoms with Crippen LogP contribution in [-0.2, 0) is 0 Å². The van der Waals surface area contributed by atoms with Crippen molar-refractivity contribution in [3.8, 4) is 11.5 Å². The van der Waals surface area contributed by atoms with Crippen molar-refractivity contribution < 1.29 is 14.6 Å². The Kier molecular flexibility index (Phi) is 3.12. The Bertz CT molecular complexity index is 839. The first-order valence-electron chi connectivity index (χ1n) is 5.87. The molecule has 0 saturated heterocycles. The second-order valence-electron chi connectivity index (χ2n) is 4.15. The molecule has 4 nitrogen and oxygen atoms in total. The van der Waals surface area contributed by atoms with E-state index in [0.29, 0.717) is 15.4 Å². The maximum absolute atomic E-state index is 11.6. The summed E-state index contributed by atoms with van der Waals surface area (Å²) >= 11 is 1.20. The van der Waals surface area contributed by atoms with Gasteiger partial charge in [0.1, 0.15) is 5.58 Å². The van der Waals surface area contributed by atoms with Gasteiger partial charge in [0.2, 0.25) is 0 Å². The molecule has 3 rings (SSSR count). The molecule has 1 aromatic heterocycles. The van der Waals surface area contributed by atoms with Gasteiger partial charge in [-0.05, 0) is 18.2 Å². The van der Waals surface area contributed by atoms with Crippen LogP contribution < -0.4 is 5.63 Å². The summed E-state index contributed by atoms with van der Waals surface area (Å²) in [6.45, 7) is 0. The molecule has 5 heteroatoms. The molecule has 3 aromatic rings. The van der Waals surface area contributed by atoms with Crippen molar-refractivity contribution in [3.63, 3.8) is 0 Å². The lowest BCUT2D eigenvalue weighted by molar-refractivity contribution is 0.395. The topological polar surface area (TPSA) is 70.7 Å². The quantitative estimate of drug-likeness (QED) is 0.558. The van der Waals surface area contributed by atoms with Crippen LogP contribution in [0.1, 0.15) is 0 Å². The Hall–Kier alpha value is -2.40. The molecule has 1 heterocycles. The van der Waals surface area contributed by atoms with Crippen LogP contribution in [0.2, 0.25) is 0 Å². The first-order valence-corrected chi connectivity index (χ1v) is 6.68. The third-order valence-electron chi connectivity index (χ3n) is 2.81. The average Bonchev–Trinajstić information content (AvgIpc) is 2.43. The third-order valence-corrected chi connectivity index (χ3v) is 3.92. The van der Waals surface area contributed by atoms with Crippen LogP contribution in [0.3, 0.4) is 0 Å². The molecule has 0 bridgehead atoms. The SMILES string of the molecule is O=c1cc(Sc2cccc(O)c2O)c2ccccc2o1. The fourth-order valence-electron chi connectivity index (χ4n) is 1.88. The monoisotopic (exact) mass is 286 g/mol. The van der Waals surface area contributed by atoms with Crippen molar-refractivity contribution in [1.29, 1.82) is 0 Å². The number of phenolic OH excluding ortho intramolecular Hbond substituents is 2. The highest BCUT2D eigenvalue weighted by Gasteiger charge is 2.11. The molecule has 0 unspecified atom stereocenters. The van der Waals surface area contributed by atoms with Gasteiger partial charge in [0.25, 0.3) is 0 Å². The van der Waals surface area contributed by atoms with Gasteiger partial charge in [0, 0.05) is 16.3 Å². The molecule has 0 aliphatic heterocycles. The van der Waals surface area contributed by atoms with Gasteiger partial charge in [0.15, 0.2) is 11.5 Å². The van der Waals surface area contributed by atoms with Gasteiger partial charge in [0.05, 0.1) is 4.90 Å². The standard InChI is InChI=1S/C15H10O4S/c16-10-5-3-7-12(15(10)18)20-13-8-14(17)19-11-6-2-1-4-9(11)13/h1-8,16,18H. The zero-order valence-electron chi connectivity index (χ0n) is 10.2. The van der Waals surface area contributed by atoms with E-state index in [1.54, 1.807) is 24.3 Å². The van der Waals surface area contributed by atoms with E-state index in [0.717, 1.165) is 5.39 Å². The van der Waals surface area contributed by atoms with E-state index < -0.39 is 5.63 Å². The van der Waals surface area contributed by atoms with Crippen molar-refractivity contribution in [2.45, 2.75) is 9.79 Å². The molecule has 0 amide bonds. The van der Waals surface area contributed by atoms with Crippen LogP contribution in [0.4, 0.5) is 0 Å². The predicted octanol–water partition coefficient (Wildman–Crippen LogP) is 3.36. The highest BCUT2D eigenvalue weighted by Crippen LogP contribution is 2.40. The molecule has 0 fully saturated rings. The highest BCUT2D eigenvalue weighted by atomic mass is 32.2. The number of hydrogen-bond acceptors (Lipinski definition) is 5. The summed E-state index contributed by atoms with van der Waals surface area (Å²) in [4.78, 5) is 12.7. The molecule has 0 atom stereocenters. The van der Waals surface area contributed by atoms with E-state index in [-0.39, 0.29) is 11.5 Å². The van der Waals surface area contributed by atoms with Crippen molar-refractivity contribution in [3.05, 3.63) is 59.0 Å². The van der Waals surface area contributed by atoms with Crippen molar-refractivity contribution in [1.82, 2.24) is 0 Å². The summed E-state index contributed by atoms with van der Waals surface area (Å²) in [5.41, 5.74) is 0.0352. The highest BCUT2D eigenvalue weighted by molar-refractivity contribution is 7.99. The molecular formula is C15H10O4S. The summed E-state index contributed by atoms with van der Waals surface area (Å²) in [5, 5.41) is 20.1. The first kappa shape index (κ1) is 12.6. The summed E-state index contributed by atoms with van der Waals surface area (Å²) in [7, 11) is 0. The Labute approximate surface area is 118 Å². The minimum absolute atomic E-state index is 0.192. The van der Waals surface area contributed by atoms with Crippen LogP contribution in [0.25, 0.3) is 11.0 Å². The fraction of sp³-hybridized carbons (Fsp3) is 0. The molecular weight excluding hydrogens is 276 g/mol. The largest absolute Gasteiger partial charge is 0.504 e. The van der Waals surface area contributed by atoms with Crippen molar-refractivity contribution in [2.75, 3.05) is 0 Å². The number of fused-ring (bicyclic) bond motifs is 1. The van der Waals surface area contributed by atoms with Gasteiger partial charge in [-0.3, -0.25) is 0 Å². The first-order chi connectivity index (χ1) is 9.65. The number of para-hydroxylation sites is 2. The van der Waals surface area contributed by atoms with Crippen molar-refractivity contribution in [2.24, 2.45) is 0 Å². The fourth-order valence-corrected chi connectivity index (χ4v) is 2.90. The van der Waals surface area contributed by atoms with E-state index in [1.807, 2.05) is 12.1 Å². The Balaban J connectivity index is 2.15. The maximum Gasteiger partial charge on any atom is 0.337 e. The van der Waals surface area contributed by atoms with Gasteiger partial charge in [-0.2, -0.15) is 0 Å². The van der Waals surface area contributed by atoms with Crippen molar-refractivity contribution >= 4 is 22.7 Å². The minimum Gasteiger partial charge on any atom is -0.504 e. The van der Waals surface area contributed by atoms with Crippen LogP contribution in [0.15, 0.2) is 67.5 Å². The maximum atomic E-state index is 11.6. The average molecular weight is 286 g/mol. The van der Waals surface area contributed by atoms with E-state index in [2.05, 4.69) is 0 Å². The summed E-state index contributed by atoms with van der Waals surface area (Å²) in [5.74, 6) is -0.392. The van der Waals surface area contributed by atoms with Gasteiger partial charge in [-0.25, -0.2) is 4.79 Å². The van der Waals surface area contributed by atoms with E-state index in [4.69, 9.17) is 4.42 Å². The summed E-state index contributed by atoms with van der Waals surface area (Å²) in [6.07, 6.45) is 0.